The molecule has 0 saturated heterocycles. The number of ether oxygens (including phenoxy) is 3. The van der Waals surface area contributed by atoms with Crippen molar-refractivity contribution >= 4 is 34.1 Å². The van der Waals surface area contributed by atoms with Gasteiger partial charge in [0.25, 0.3) is 0 Å². The Morgan fingerprint density at radius 3 is 2.38 bits per heavy atom. The molecule has 0 aliphatic carbocycles. The first-order valence-electron chi connectivity index (χ1n) is 12.0. The molecule has 0 aliphatic heterocycles. The highest BCUT2D eigenvalue weighted by molar-refractivity contribution is 6.10. The minimum atomic E-state index is -0.905. The van der Waals surface area contributed by atoms with Gasteiger partial charge in [-0.05, 0) is 42.3 Å². The quantitative estimate of drug-likeness (QED) is 0.243. The highest BCUT2D eigenvalue weighted by Gasteiger charge is 2.26. The smallest absolute Gasteiger partial charge is 0.191 e. The van der Waals surface area contributed by atoms with Crippen LogP contribution in [0.1, 0.15) is 11.3 Å². The second-order valence-corrected chi connectivity index (χ2v) is 8.31. The maximum atomic E-state index is 15.7. The van der Waals surface area contributed by atoms with E-state index >= 15 is 8.78 Å². The molecular formula is C30H27F2N5O3. The Kier molecular flexibility index (Phi) is 8.76. The average Bonchev–Trinajstić information content (AvgIpc) is 2.98. The molecule has 0 amide bonds. The summed E-state index contributed by atoms with van der Waals surface area (Å²) in [5, 5.41) is 0.707. The maximum absolute atomic E-state index is 15.7. The molecule has 0 saturated carbocycles. The third-order valence-electron chi connectivity index (χ3n) is 6.01. The number of aliphatic imine (C=N–C) groups is 1. The lowest BCUT2D eigenvalue weighted by Gasteiger charge is -2.25. The number of halogens is 2. The van der Waals surface area contributed by atoms with Crippen molar-refractivity contribution in [3.05, 3.63) is 84.0 Å². The number of hydrogen-bond acceptors (Lipinski definition) is 8. The van der Waals surface area contributed by atoms with Crippen molar-refractivity contribution in [2.75, 3.05) is 39.8 Å². The van der Waals surface area contributed by atoms with Crippen LogP contribution >= 0.6 is 0 Å². The number of aromatic nitrogens is 2. The molecule has 4 rings (SSSR count). The van der Waals surface area contributed by atoms with E-state index in [2.05, 4.69) is 26.8 Å². The summed E-state index contributed by atoms with van der Waals surface area (Å²) < 4.78 is 47.0. The average molecular weight is 544 g/mol. The van der Waals surface area contributed by atoms with E-state index in [1.54, 1.807) is 56.0 Å². The number of hydrogen-bond donors (Lipinski definition) is 1. The molecule has 8 nitrogen and oxygen atoms in total. The van der Waals surface area contributed by atoms with Crippen LogP contribution in [0.25, 0.3) is 16.5 Å². The van der Waals surface area contributed by atoms with Crippen LogP contribution < -0.4 is 24.8 Å². The summed E-state index contributed by atoms with van der Waals surface area (Å²) in [7, 11) is 5.74. The molecule has 0 fully saturated rings. The monoisotopic (exact) mass is 543 g/mol. The fourth-order valence-electron chi connectivity index (χ4n) is 4.06. The van der Waals surface area contributed by atoms with Gasteiger partial charge in [-0.3, -0.25) is 9.98 Å². The van der Waals surface area contributed by atoms with Crippen LogP contribution in [0.15, 0.2) is 66.1 Å². The molecule has 0 radical (unpaired) electrons. The minimum absolute atomic E-state index is 0.112. The first-order valence-corrected chi connectivity index (χ1v) is 12.0. The Labute approximate surface area is 230 Å². The molecule has 2 aromatic heterocycles. The second-order valence-electron chi connectivity index (χ2n) is 8.31. The van der Waals surface area contributed by atoms with Crippen molar-refractivity contribution in [1.82, 2.24) is 9.97 Å². The topological polar surface area (TPSA) is 95.1 Å². The molecule has 0 atom stereocenters. The molecule has 40 heavy (non-hydrogen) atoms. The lowest BCUT2D eigenvalue weighted by Crippen LogP contribution is -2.21. The summed E-state index contributed by atoms with van der Waals surface area (Å²) in [5.41, 5.74) is 8.30. The minimum Gasteiger partial charge on any atom is -0.494 e. The van der Waals surface area contributed by atoms with Gasteiger partial charge in [0, 0.05) is 60.1 Å². The fraction of sp³-hybridized carbons (Fsp3) is 0.167. The lowest BCUT2D eigenvalue weighted by molar-refractivity contribution is 0.359. The van der Waals surface area contributed by atoms with E-state index in [9.17, 15) is 0 Å². The van der Waals surface area contributed by atoms with E-state index in [1.165, 1.54) is 32.4 Å². The number of pyridine rings is 2. The molecule has 10 heteroatoms. The molecule has 2 aromatic carbocycles. The van der Waals surface area contributed by atoms with Crippen LogP contribution in [0.3, 0.4) is 0 Å². The molecule has 2 N–H and O–H groups in total. The SMILES string of the molecule is CN=CC(=CN)c1cnc2ccc(N(CC#Cc3ncccc3OC)c3c(F)c(OC)cc(OC)c3F)cc2c1. The first kappa shape index (κ1) is 27.9. The van der Waals surface area contributed by atoms with E-state index in [0.717, 1.165) is 11.6 Å². The van der Waals surface area contributed by atoms with Crippen molar-refractivity contribution in [3.63, 3.8) is 0 Å². The molecule has 2 heterocycles. The third kappa shape index (κ3) is 5.63. The van der Waals surface area contributed by atoms with Gasteiger partial charge < -0.3 is 24.8 Å². The largest absolute Gasteiger partial charge is 0.494 e. The lowest BCUT2D eigenvalue weighted by atomic mass is 10.1. The number of fused-ring (bicyclic) bond motifs is 1. The van der Waals surface area contributed by atoms with E-state index in [1.807, 2.05) is 6.07 Å². The molecule has 0 aliphatic rings. The van der Waals surface area contributed by atoms with Crippen LogP contribution in [0.4, 0.5) is 20.2 Å². The number of benzene rings is 2. The predicted octanol–water partition coefficient (Wildman–Crippen LogP) is 5.12. The zero-order chi connectivity index (χ0) is 28.6. The van der Waals surface area contributed by atoms with E-state index < -0.39 is 11.6 Å². The molecule has 204 valence electrons. The first-order chi connectivity index (χ1) is 19.4. The highest BCUT2D eigenvalue weighted by atomic mass is 19.1. The summed E-state index contributed by atoms with van der Waals surface area (Å²) in [6.07, 6.45) is 6.31. The van der Waals surface area contributed by atoms with E-state index in [0.29, 0.717) is 33.6 Å². The van der Waals surface area contributed by atoms with Crippen LogP contribution in [-0.4, -0.2) is 51.1 Å². The number of nitrogens with two attached hydrogens (primary N) is 1. The Morgan fingerprint density at radius 2 is 1.73 bits per heavy atom. The zero-order valence-electron chi connectivity index (χ0n) is 22.4. The zero-order valence-corrected chi connectivity index (χ0v) is 22.4. The number of nitrogens with zero attached hydrogens (tertiary/aromatic N) is 4. The molecule has 0 spiro atoms. The summed E-state index contributed by atoms with van der Waals surface area (Å²) in [6, 6.07) is 11.7. The predicted molar refractivity (Wildman–Crippen MR) is 152 cm³/mol. The summed E-state index contributed by atoms with van der Waals surface area (Å²) >= 11 is 0. The van der Waals surface area contributed by atoms with Crippen molar-refractivity contribution < 1.29 is 23.0 Å². The Balaban J connectivity index is 1.90. The fourth-order valence-corrected chi connectivity index (χ4v) is 4.06. The van der Waals surface area contributed by atoms with Crippen LogP contribution in [0.2, 0.25) is 0 Å². The van der Waals surface area contributed by atoms with Gasteiger partial charge in [-0.15, -0.1) is 0 Å². The molecular weight excluding hydrogens is 516 g/mol. The Hall–Kier alpha value is -5.17. The van der Waals surface area contributed by atoms with Gasteiger partial charge in [0.05, 0.1) is 33.4 Å². The van der Waals surface area contributed by atoms with Gasteiger partial charge in [0.1, 0.15) is 5.69 Å². The maximum Gasteiger partial charge on any atom is 0.191 e. The van der Waals surface area contributed by atoms with Gasteiger partial charge in [-0.1, -0.05) is 5.92 Å². The van der Waals surface area contributed by atoms with Crippen molar-refractivity contribution in [3.8, 4) is 29.1 Å². The summed E-state index contributed by atoms with van der Waals surface area (Å²) in [6.45, 7) is -0.112. The molecule has 0 bridgehead atoms. The van der Waals surface area contributed by atoms with Crippen molar-refractivity contribution in [2.45, 2.75) is 0 Å². The number of methoxy groups -OCH3 is 3. The standard InChI is InChI=1S/C30H27F2N5O3/c1-34-17-21(16-33)20-13-19-14-22(9-10-23(19)36-18-20)37(12-6-7-24-25(38-2)8-5-11-35-24)30-28(31)26(39-3)15-27(40-4)29(30)32/h5,8-11,13-18H,12,33H2,1-4H3. The van der Waals surface area contributed by atoms with Crippen molar-refractivity contribution in [2.24, 2.45) is 10.7 Å². The van der Waals surface area contributed by atoms with Gasteiger partial charge in [-0.25, -0.2) is 13.8 Å². The van der Waals surface area contributed by atoms with Crippen molar-refractivity contribution in [1.29, 1.82) is 0 Å². The van der Waals surface area contributed by atoms with Crippen LogP contribution in [0.5, 0.6) is 17.2 Å². The van der Waals surface area contributed by atoms with Gasteiger partial charge in [-0.2, -0.15) is 0 Å². The van der Waals surface area contributed by atoms with Gasteiger partial charge >= 0.3 is 0 Å². The Bertz CT molecular complexity index is 1630. The number of rotatable bonds is 8. The van der Waals surface area contributed by atoms with Crippen LogP contribution in [0, 0.1) is 23.5 Å². The summed E-state index contributed by atoms with van der Waals surface area (Å²) in [4.78, 5) is 14.2. The number of anilines is 2. The highest BCUT2D eigenvalue weighted by Crippen LogP contribution is 2.40. The number of allylic oxidation sites excluding steroid dienone is 1. The Morgan fingerprint density at radius 1 is 1.00 bits per heavy atom. The molecule has 0 unspecified atom stereocenters. The molecule has 4 aromatic rings. The van der Waals surface area contributed by atoms with Gasteiger partial charge in [0.2, 0.25) is 0 Å². The van der Waals surface area contributed by atoms with Gasteiger partial charge in [0.15, 0.2) is 34.6 Å². The van der Waals surface area contributed by atoms with Crippen LogP contribution in [-0.2, 0) is 0 Å². The third-order valence-corrected chi connectivity index (χ3v) is 6.01. The summed E-state index contributed by atoms with van der Waals surface area (Å²) in [5.74, 6) is 4.20. The van der Waals surface area contributed by atoms with E-state index in [4.69, 9.17) is 19.9 Å². The normalized spacial score (nSPS) is 11.3. The van der Waals surface area contributed by atoms with E-state index in [-0.39, 0.29) is 23.7 Å². The second kappa shape index (κ2) is 12.6.